The van der Waals surface area contributed by atoms with E-state index in [0.29, 0.717) is 17.0 Å². The van der Waals surface area contributed by atoms with Crippen LogP contribution in [0.15, 0.2) is 18.2 Å². The highest BCUT2D eigenvalue weighted by molar-refractivity contribution is 5.95. The number of carbonyl (C=O) groups is 1. The second-order valence-electron chi connectivity index (χ2n) is 5.49. The van der Waals surface area contributed by atoms with Crippen LogP contribution < -0.4 is 5.32 Å². The molecule has 0 radical (unpaired) electrons. The number of halogens is 1. The Hall–Kier alpha value is -1.38. The molecule has 1 N–H and O–H groups in total. The van der Waals surface area contributed by atoms with Crippen LogP contribution in [0.2, 0.25) is 0 Å². The van der Waals surface area contributed by atoms with Gasteiger partial charge in [0.1, 0.15) is 5.82 Å². The summed E-state index contributed by atoms with van der Waals surface area (Å²) in [6.07, 6.45) is 5.81. The van der Waals surface area contributed by atoms with Crippen molar-refractivity contribution in [3.8, 4) is 0 Å². The van der Waals surface area contributed by atoms with Gasteiger partial charge in [0.25, 0.3) is 5.91 Å². The normalized spacial score (nSPS) is 23.1. The molecule has 1 fully saturated rings. The van der Waals surface area contributed by atoms with Crippen molar-refractivity contribution in [1.29, 1.82) is 0 Å². The maximum atomic E-state index is 13.1. The number of amides is 1. The SMILES string of the molecule is CCC1CCCCC1NC(=O)c1ccc(F)cc1C. The maximum absolute atomic E-state index is 13.1. The molecule has 2 nitrogen and oxygen atoms in total. The van der Waals surface area contributed by atoms with Gasteiger partial charge in [0.2, 0.25) is 0 Å². The maximum Gasteiger partial charge on any atom is 0.251 e. The first-order valence-corrected chi connectivity index (χ1v) is 7.19. The van der Waals surface area contributed by atoms with Gasteiger partial charge in [-0.25, -0.2) is 4.39 Å². The standard InChI is InChI=1S/C16H22FNO/c1-3-12-6-4-5-7-15(12)18-16(19)14-9-8-13(17)10-11(14)2/h8-10,12,15H,3-7H2,1-2H3,(H,18,19). The second-order valence-corrected chi connectivity index (χ2v) is 5.49. The summed E-state index contributed by atoms with van der Waals surface area (Å²) in [5.41, 5.74) is 1.28. The Morgan fingerprint density at radius 3 is 2.79 bits per heavy atom. The van der Waals surface area contributed by atoms with Gasteiger partial charge >= 0.3 is 0 Å². The number of nitrogens with one attached hydrogen (secondary N) is 1. The summed E-state index contributed by atoms with van der Waals surface area (Å²) >= 11 is 0. The van der Waals surface area contributed by atoms with E-state index in [1.54, 1.807) is 13.0 Å². The van der Waals surface area contributed by atoms with Crippen LogP contribution in [-0.2, 0) is 0 Å². The molecule has 1 amide bonds. The molecule has 0 aliphatic heterocycles. The van der Waals surface area contributed by atoms with E-state index in [2.05, 4.69) is 12.2 Å². The smallest absolute Gasteiger partial charge is 0.251 e. The average molecular weight is 263 g/mol. The minimum atomic E-state index is -0.293. The third kappa shape index (κ3) is 3.34. The zero-order valence-electron chi connectivity index (χ0n) is 11.7. The van der Waals surface area contributed by atoms with E-state index in [9.17, 15) is 9.18 Å². The van der Waals surface area contributed by atoms with E-state index in [1.807, 2.05) is 0 Å². The van der Waals surface area contributed by atoms with E-state index in [4.69, 9.17) is 0 Å². The summed E-state index contributed by atoms with van der Waals surface area (Å²) < 4.78 is 13.1. The van der Waals surface area contributed by atoms with Gasteiger partial charge in [-0.3, -0.25) is 4.79 Å². The number of hydrogen-bond donors (Lipinski definition) is 1. The van der Waals surface area contributed by atoms with Gasteiger partial charge in [-0.15, -0.1) is 0 Å². The molecule has 0 bridgehead atoms. The highest BCUT2D eigenvalue weighted by atomic mass is 19.1. The number of benzene rings is 1. The molecule has 1 aromatic rings. The Morgan fingerprint density at radius 2 is 2.11 bits per heavy atom. The average Bonchev–Trinajstić information content (AvgIpc) is 2.39. The summed E-state index contributed by atoms with van der Waals surface area (Å²) in [5, 5.41) is 3.14. The van der Waals surface area contributed by atoms with E-state index in [1.165, 1.54) is 31.4 Å². The Bertz CT molecular complexity index is 458. The molecule has 19 heavy (non-hydrogen) atoms. The number of aryl methyl sites for hydroxylation is 1. The Morgan fingerprint density at radius 1 is 1.37 bits per heavy atom. The molecule has 1 aromatic carbocycles. The summed E-state index contributed by atoms with van der Waals surface area (Å²) in [6, 6.07) is 4.60. The molecule has 2 unspecified atom stereocenters. The summed E-state index contributed by atoms with van der Waals surface area (Å²) in [7, 11) is 0. The van der Waals surface area contributed by atoms with Crippen molar-refractivity contribution in [2.45, 2.75) is 52.0 Å². The van der Waals surface area contributed by atoms with Crippen LogP contribution in [-0.4, -0.2) is 11.9 Å². The lowest BCUT2D eigenvalue weighted by Crippen LogP contribution is -2.42. The first kappa shape index (κ1) is 14.0. The van der Waals surface area contributed by atoms with E-state index < -0.39 is 0 Å². The monoisotopic (exact) mass is 263 g/mol. The van der Waals surface area contributed by atoms with Crippen LogP contribution >= 0.6 is 0 Å². The highest BCUT2D eigenvalue weighted by Gasteiger charge is 2.25. The van der Waals surface area contributed by atoms with Gasteiger partial charge in [-0.1, -0.05) is 26.2 Å². The molecule has 0 spiro atoms. The lowest BCUT2D eigenvalue weighted by Gasteiger charge is -2.31. The van der Waals surface area contributed by atoms with Crippen molar-refractivity contribution in [3.63, 3.8) is 0 Å². The predicted molar refractivity (Wildman–Crippen MR) is 74.6 cm³/mol. The molecular weight excluding hydrogens is 241 g/mol. The van der Waals surface area contributed by atoms with Crippen molar-refractivity contribution in [1.82, 2.24) is 5.32 Å². The Labute approximate surface area is 114 Å². The van der Waals surface area contributed by atoms with Crippen LogP contribution in [0.4, 0.5) is 4.39 Å². The largest absolute Gasteiger partial charge is 0.349 e. The fourth-order valence-electron chi connectivity index (χ4n) is 3.01. The predicted octanol–water partition coefficient (Wildman–Crippen LogP) is 3.83. The van der Waals surface area contributed by atoms with Gasteiger partial charge in [-0.2, -0.15) is 0 Å². The van der Waals surface area contributed by atoms with Gasteiger partial charge < -0.3 is 5.32 Å². The van der Waals surface area contributed by atoms with Gasteiger partial charge in [-0.05, 0) is 49.4 Å². The molecule has 1 saturated carbocycles. The van der Waals surface area contributed by atoms with E-state index in [0.717, 1.165) is 12.8 Å². The Kier molecular flexibility index (Phi) is 4.56. The van der Waals surface area contributed by atoms with Crippen LogP contribution in [0.1, 0.15) is 54.9 Å². The first-order valence-electron chi connectivity index (χ1n) is 7.19. The summed E-state index contributed by atoms with van der Waals surface area (Å²) in [4.78, 5) is 12.3. The van der Waals surface area contributed by atoms with Crippen molar-refractivity contribution in [2.24, 2.45) is 5.92 Å². The molecule has 0 saturated heterocycles. The number of carbonyl (C=O) groups excluding carboxylic acids is 1. The lowest BCUT2D eigenvalue weighted by atomic mass is 9.82. The molecule has 1 aliphatic rings. The fraction of sp³-hybridized carbons (Fsp3) is 0.562. The van der Waals surface area contributed by atoms with Crippen LogP contribution in [0.25, 0.3) is 0 Å². The molecular formula is C16H22FNO. The molecule has 104 valence electrons. The van der Waals surface area contributed by atoms with Crippen molar-refractivity contribution in [2.75, 3.05) is 0 Å². The van der Waals surface area contributed by atoms with Crippen molar-refractivity contribution in [3.05, 3.63) is 35.1 Å². The van der Waals surface area contributed by atoms with E-state index >= 15 is 0 Å². The highest BCUT2D eigenvalue weighted by Crippen LogP contribution is 2.27. The molecule has 2 atom stereocenters. The van der Waals surface area contributed by atoms with Gasteiger partial charge in [0, 0.05) is 11.6 Å². The van der Waals surface area contributed by atoms with Crippen LogP contribution in [0.5, 0.6) is 0 Å². The molecule has 3 heteroatoms. The zero-order chi connectivity index (χ0) is 13.8. The first-order chi connectivity index (χ1) is 9.11. The minimum absolute atomic E-state index is 0.0668. The Balaban J connectivity index is 2.07. The number of rotatable bonds is 3. The second kappa shape index (κ2) is 6.18. The third-order valence-corrected chi connectivity index (χ3v) is 4.18. The van der Waals surface area contributed by atoms with Crippen LogP contribution in [0.3, 0.4) is 0 Å². The summed E-state index contributed by atoms with van der Waals surface area (Å²) in [5.74, 6) is 0.222. The summed E-state index contributed by atoms with van der Waals surface area (Å²) in [6.45, 7) is 3.95. The lowest BCUT2D eigenvalue weighted by molar-refractivity contribution is 0.0904. The topological polar surface area (TPSA) is 29.1 Å². The molecule has 0 aromatic heterocycles. The third-order valence-electron chi connectivity index (χ3n) is 4.18. The van der Waals surface area contributed by atoms with Gasteiger partial charge in [0.05, 0.1) is 0 Å². The number of hydrogen-bond acceptors (Lipinski definition) is 1. The molecule has 2 rings (SSSR count). The quantitative estimate of drug-likeness (QED) is 0.882. The van der Waals surface area contributed by atoms with Crippen LogP contribution in [0, 0.1) is 18.7 Å². The van der Waals surface area contributed by atoms with Gasteiger partial charge in [0.15, 0.2) is 0 Å². The van der Waals surface area contributed by atoms with Crippen molar-refractivity contribution < 1.29 is 9.18 Å². The zero-order valence-corrected chi connectivity index (χ0v) is 11.7. The van der Waals surface area contributed by atoms with E-state index in [-0.39, 0.29) is 17.8 Å². The fourth-order valence-corrected chi connectivity index (χ4v) is 3.01. The minimum Gasteiger partial charge on any atom is -0.349 e. The molecule has 1 aliphatic carbocycles. The molecule has 0 heterocycles. The van der Waals surface area contributed by atoms with Crippen molar-refractivity contribution >= 4 is 5.91 Å².